The summed E-state index contributed by atoms with van der Waals surface area (Å²) in [5, 5.41) is 10.00. The van der Waals surface area contributed by atoms with E-state index >= 15 is 0 Å². The van der Waals surface area contributed by atoms with Gasteiger partial charge in [0, 0.05) is 6.42 Å². The number of fused-ring (bicyclic) bond motifs is 1. The van der Waals surface area contributed by atoms with Gasteiger partial charge in [0.25, 0.3) is 0 Å². The molecule has 4 rings (SSSR count). The summed E-state index contributed by atoms with van der Waals surface area (Å²) in [7, 11) is 1.56. The van der Waals surface area contributed by atoms with Gasteiger partial charge in [0.05, 0.1) is 17.3 Å². The van der Waals surface area contributed by atoms with Crippen molar-refractivity contribution in [2.75, 3.05) is 7.11 Å². The molecule has 0 saturated heterocycles. The highest BCUT2D eigenvalue weighted by atomic mass is 32.1. The Morgan fingerprint density at radius 3 is 2.58 bits per heavy atom. The first-order chi connectivity index (χ1) is 16.0. The van der Waals surface area contributed by atoms with Gasteiger partial charge < -0.3 is 14.6 Å². The number of methoxy groups -OCH3 is 1. The maximum absolute atomic E-state index is 13.1. The Morgan fingerprint density at radius 1 is 1.06 bits per heavy atom. The molecular formula is C26H22FNO4S. The number of halogens is 1. The normalized spacial score (nSPS) is 11.5. The van der Waals surface area contributed by atoms with Gasteiger partial charge >= 0.3 is 5.97 Å². The minimum atomic E-state index is -0.857. The Kier molecular flexibility index (Phi) is 7.00. The van der Waals surface area contributed by atoms with Crippen LogP contribution in [0.2, 0.25) is 0 Å². The minimum Gasteiger partial charge on any atom is -0.493 e. The van der Waals surface area contributed by atoms with Crippen molar-refractivity contribution in [3.8, 4) is 11.5 Å². The number of nitrogens with zero attached hydrogens (tertiary/aromatic N) is 1. The summed E-state index contributed by atoms with van der Waals surface area (Å²) in [5.74, 6) is -0.0396. The first kappa shape index (κ1) is 22.5. The van der Waals surface area contributed by atoms with E-state index in [1.807, 2.05) is 42.5 Å². The summed E-state index contributed by atoms with van der Waals surface area (Å²) in [6, 6.07) is 19.5. The van der Waals surface area contributed by atoms with E-state index in [1.54, 1.807) is 36.6 Å². The van der Waals surface area contributed by atoms with Crippen LogP contribution in [0, 0.1) is 5.82 Å². The van der Waals surface area contributed by atoms with Crippen molar-refractivity contribution in [2.24, 2.45) is 0 Å². The highest BCUT2D eigenvalue weighted by molar-refractivity contribution is 7.19. The van der Waals surface area contributed by atoms with Crippen molar-refractivity contribution in [2.45, 2.75) is 19.4 Å². The molecule has 3 aromatic carbocycles. The summed E-state index contributed by atoms with van der Waals surface area (Å²) in [6.07, 6.45) is 2.31. The second-order valence-corrected chi connectivity index (χ2v) is 8.41. The Balaban J connectivity index is 1.60. The van der Waals surface area contributed by atoms with Crippen LogP contribution in [0.3, 0.4) is 0 Å². The molecule has 0 spiro atoms. The number of allylic oxidation sites excluding steroid dienone is 1. The van der Waals surface area contributed by atoms with Crippen molar-refractivity contribution in [1.29, 1.82) is 0 Å². The van der Waals surface area contributed by atoms with Gasteiger partial charge in [-0.1, -0.05) is 30.3 Å². The molecule has 5 nitrogen and oxygen atoms in total. The zero-order chi connectivity index (χ0) is 23.2. The standard InChI is InChI=1S/C26H22FNO4S/c1-31-23-15-18(8-12-22(23)32-16-17-6-10-20(27)11-7-17)14-19(9-13-25(29)30)26-28-21-4-2-3-5-24(21)33-26/h2-8,10-12,14-15H,9,13,16H2,1H3,(H,29,30). The number of thiazole rings is 1. The molecule has 0 fully saturated rings. The summed E-state index contributed by atoms with van der Waals surface area (Å²) < 4.78 is 25.5. The number of carbonyl (C=O) groups is 1. The third-order valence-corrected chi connectivity index (χ3v) is 6.12. The Hall–Kier alpha value is -3.71. The molecule has 1 aromatic heterocycles. The van der Waals surface area contributed by atoms with Crippen LogP contribution in [0.5, 0.6) is 11.5 Å². The van der Waals surface area contributed by atoms with Gasteiger partial charge in [-0.3, -0.25) is 4.79 Å². The highest BCUT2D eigenvalue weighted by Crippen LogP contribution is 2.34. The van der Waals surface area contributed by atoms with E-state index in [9.17, 15) is 14.3 Å². The van der Waals surface area contributed by atoms with Gasteiger partial charge in [-0.05, 0) is 65.6 Å². The number of aromatic nitrogens is 1. The van der Waals surface area contributed by atoms with Crippen LogP contribution < -0.4 is 9.47 Å². The molecule has 1 heterocycles. The van der Waals surface area contributed by atoms with Crippen molar-refractivity contribution < 1.29 is 23.8 Å². The first-order valence-electron chi connectivity index (χ1n) is 10.4. The molecule has 0 saturated carbocycles. The quantitative estimate of drug-likeness (QED) is 0.310. The van der Waals surface area contributed by atoms with Gasteiger partial charge in [0.15, 0.2) is 11.5 Å². The molecule has 1 N–H and O–H groups in total. The van der Waals surface area contributed by atoms with Crippen molar-refractivity contribution >= 4 is 39.2 Å². The van der Waals surface area contributed by atoms with Gasteiger partial charge in [0.1, 0.15) is 17.4 Å². The molecule has 0 aliphatic rings. The zero-order valence-electron chi connectivity index (χ0n) is 18.0. The highest BCUT2D eigenvalue weighted by Gasteiger charge is 2.12. The SMILES string of the molecule is COc1cc(C=C(CCC(=O)O)c2nc3ccccc3s2)ccc1OCc1ccc(F)cc1. The predicted octanol–water partition coefficient (Wildman–Crippen LogP) is 6.43. The summed E-state index contributed by atoms with van der Waals surface area (Å²) in [5.41, 5.74) is 3.43. The average molecular weight is 464 g/mol. The molecule has 0 amide bonds. The van der Waals surface area contributed by atoms with Gasteiger partial charge in [-0.25, -0.2) is 9.37 Å². The minimum absolute atomic E-state index is 0.0117. The second kappa shape index (κ2) is 10.3. The van der Waals surface area contributed by atoms with Gasteiger partial charge in [-0.2, -0.15) is 0 Å². The topological polar surface area (TPSA) is 68.7 Å². The van der Waals surface area contributed by atoms with Crippen LogP contribution in [-0.4, -0.2) is 23.2 Å². The molecule has 7 heteroatoms. The van der Waals surface area contributed by atoms with Crippen LogP contribution >= 0.6 is 11.3 Å². The fraction of sp³-hybridized carbons (Fsp3) is 0.154. The molecule has 0 aliphatic heterocycles. The average Bonchev–Trinajstić information content (AvgIpc) is 3.26. The number of para-hydroxylation sites is 1. The smallest absolute Gasteiger partial charge is 0.303 e. The van der Waals surface area contributed by atoms with Crippen LogP contribution in [0.1, 0.15) is 29.0 Å². The van der Waals surface area contributed by atoms with Crippen molar-refractivity contribution in [3.63, 3.8) is 0 Å². The predicted molar refractivity (Wildman–Crippen MR) is 128 cm³/mol. The summed E-state index contributed by atoms with van der Waals surface area (Å²) >= 11 is 1.54. The number of aliphatic carboxylic acids is 1. The maximum atomic E-state index is 13.1. The lowest BCUT2D eigenvalue weighted by Crippen LogP contribution is -1.98. The molecule has 0 radical (unpaired) electrons. The number of rotatable bonds is 9. The molecule has 0 atom stereocenters. The molecule has 33 heavy (non-hydrogen) atoms. The van der Waals surface area contributed by atoms with E-state index in [0.29, 0.717) is 17.9 Å². The summed E-state index contributed by atoms with van der Waals surface area (Å²) in [6.45, 7) is 0.279. The summed E-state index contributed by atoms with van der Waals surface area (Å²) in [4.78, 5) is 15.9. The second-order valence-electron chi connectivity index (χ2n) is 7.38. The van der Waals surface area contributed by atoms with Crippen LogP contribution in [0.25, 0.3) is 21.9 Å². The van der Waals surface area contributed by atoms with E-state index in [2.05, 4.69) is 0 Å². The monoisotopic (exact) mass is 463 g/mol. The Labute approximate surface area is 194 Å². The number of hydrogen-bond donors (Lipinski definition) is 1. The lowest BCUT2D eigenvalue weighted by atomic mass is 10.1. The third kappa shape index (κ3) is 5.75. The fourth-order valence-corrected chi connectivity index (χ4v) is 4.34. The first-order valence-corrected chi connectivity index (χ1v) is 11.2. The van der Waals surface area contributed by atoms with E-state index in [0.717, 1.165) is 31.9 Å². The lowest BCUT2D eigenvalue weighted by molar-refractivity contribution is -0.136. The maximum Gasteiger partial charge on any atom is 0.303 e. The van der Waals surface area contributed by atoms with Crippen LogP contribution in [0.4, 0.5) is 4.39 Å². The Morgan fingerprint density at radius 2 is 1.85 bits per heavy atom. The van der Waals surface area contributed by atoms with E-state index in [1.165, 1.54) is 12.1 Å². The molecule has 0 unspecified atom stereocenters. The largest absolute Gasteiger partial charge is 0.493 e. The van der Waals surface area contributed by atoms with E-state index in [-0.39, 0.29) is 18.8 Å². The molecule has 4 aromatic rings. The fourth-order valence-electron chi connectivity index (χ4n) is 3.33. The zero-order valence-corrected chi connectivity index (χ0v) is 18.8. The van der Waals surface area contributed by atoms with Crippen molar-refractivity contribution in [1.82, 2.24) is 4.98 Å². The third-order valence-electron chi connectivity index (χ3n) is 5.01. The molecule has 0 aliphatic carbocycles. The van der Waals surface area contributed by atoms with Gasteiger partial charge in [-0.15, -0.1) is 11.3 Å². The number of carboxylic acids is 1. The lowest BCUT2D eigenvalue weighted by Gasteiger charge is -2.12. The van der Waals surface area contributed by atoms with Crippen LogP contribution in [0.15, 0.2) is 66.7 Å². The number of carboxylic acid groups (broad SMARTS) is 1. The number of benzene rings is 3. The van der Waals surface area contributed by atoms with E-state index in [4.69, 9.17) is 14.5 Å². The number of ether oxygens (including phenoxy) is 2. The Bertz CT molecular complexity index is 1260. The van der Waals surface area contributed by atoms with E-state index < -0.39 is 5.97 Å². The van der Waals surface area contributed by atoms with Crippen molar-refractivity contribution in [3.05, 3.63) is 88.7 Å². The van der Waals surface area contributed by atoms with Gasteiger partial charge in [0.2, 0.25) is 0 Å². The molecule has 0 bridgehead atoms. The molecular weight excluding hydrogens is 441 g/mol. The van der Waals surface area contributed by atoms with Crippen LogP contribution in [-0.2, 0) is 11.4 Å². The molecule has 168 valence electrons. The number of hydrogen-bond acceptors (Lipinski definition) is 5.